The molecule has 0 saturated heterocycles. The second-order valence-electron chi connectivity index (χ2n) is 4.54. The normalized spacial score (nSPS) is 10.0. The average Bonchev–Trinajstić information content (AvgIpc) is 2.51. The van der Waals surface area contributed by atoms with Gasteiger partial charge >= 0.3 is 0 Å². The summed E-state index contributed by atoms with van der Waals surface area (Å²) in [6.07, 6.45) is 4.07. The Kier molecular flexibility index (Phi) is 5.13. The third-order valence-electron chi connectivity index (χ3n) is 3.12. The molecule has 0 bridgehead atoms. The molecule has 2 aromatic rings. The number of aldehydes is 1. The number of hydrogen-bond acceptors (Lipinski definition) is 2. The van der Waals surface area contributed by atoms with Crippen LogP contribution < -0.4 is 4.74 Å². The van der Waals surface area contributed by atoms with Crippen molar-refractivity contribution >= 4 is 12.4 Å². The fraction of sp³-hybridized carbons (Fsp3) is 0.167. The first-order valence-electron chi connectivity index (χ1n) is 6.69. The Bertz CT molecular complexity index is 587. The highest BCUT2D eigenvalue weighted by Gasteiger charge is 2.01. The quantitative estimate of drug-likeness (QED) is 0.707. The van der Waals surface area contributed by atoms with Gasteiger partial charge in [-0.3, -0.25) is 0 Å². The summed E-state index contributed by atoms with van der Waals surface area (Å²) in [7, 11) is 0. The van der Waals surface area contributed by atoms with Crippen molar-refractivity contribution < 1.29 is 9.53 Å². The molecule has 2 nitrogen and oxygen atoms in total. The van der Waals surface area contributed by atoms with E-state index in [4.69, 9.17) is 4.74 Å². The van der Waals surface area contributed by atoms with Gasteiger partial charge in [0.2, 0.25) is 0 Å². The van der Waals surface area contributed by atoms with E-state index in [9.17, 15) is 4.79 Å². The van der Waals surface area contributed by atoms with Crippen molar-refractivity contribution in [3.8, 4) is 5.75 Å². The Balaban J connectivity index is 2.03. The van der Waals surface area contributed by atoms with Crippen LogP contribution in [0.25, 0.3) is 6.08 Å². The van der Waals surface area contributed by atoms with E-state index in [0.29, 0.717) is 13.0 Å². The van der Waals surface area contributed by atoms with Gasteiger partial charge in [0.15, 0.2) is 0 Å². The molecular weight excluding hydrogens is 248 g/mol. The predicted octanol–water partition coefficient (Wildman–Crippen LogP) is 4.04. The lowest BCUT2D eigenvalue weighted by Gasteiger charge is -2.10. The zero-order chi connectivity index (χ0) is 14.2. The molecule has 0 N–H and O–H groups in total. The van der Waals surface area contributed by atoms with Gasteiger partial charge in [-0.15, -0.1) is 0 Å². The van der Waals surface area contributed by atoms with Crippen LogP contribution >= 0.6 is 0 Å². The minimum Gasteiger partial charge on any atom is -0.489 e. The van der Waals surface area contributed by atoms with E-state index in [0.717, 1.165) is 35.1 Å². The number of rotatable bonds is 7. The molecule has 2 aromatic carbocycles. The molecule has 0 aromatic heterocycles. The number of hydrogen-bond donors (Lipinski definition) is 0. The van der Waals surface area contributed by atoms with Gasteiger partial charge in [-0.2, -0.15) is 0 Å². The Morgan fingerprint density at radius 1 is 1.10 bits per heavy atom. The van der Waals surface area contributed by atoms with Gasteiger partial charge in [0.1, 0.15) is 18.6 Å². The van der Waals surface area contributed by atoms with Crippen molar-refractivity contribution in [3.05, 3.63) is 71.8 Å². The van der Waals surface area contributed by atoms with Crippen molar-refractivity contribution in [2.24, 2.45) is 0 Å². The molecule has 0 aliphatic carbocycles. The standard InChI is InChI=1S/C18H18O2/c1-2-16-9-3-4-10-17(16)14-20-18-11-5-7-15(13-18)8-6-12-19/h2-5,7,9-13H,1,6,8,14H2. The van der Waals surface area contributed by atoms with Crippen molar-refractivity contribution in [2.75, 3.05) is 0 Å². The topological polar surface area (TPSA) is 26.3 Å². The smallest absolute Gasteiger partial charge is 0.120 e. The summed E-state index contributed by atoms with van der Waals surface area (Å²) in [6, 6.07) is 15.9. The molecule has 2 heteroatoms. The third-order valence-corrected chi connectivity index (χ3v) is 3.12. The summed E-state index contributed by atoms with van der Waals surface area (Å²) in [4.78, 5) is 10.4. The summed E-state index contributed by atoms with van der Waals surface area (Å²) in [5.41, 5.74) is 3.32. The lowest BCUT2D eigenvalue weighted by atomic mass is 10.1. The maximum Gasteiger partial charge on any atom is 0.120 e. The van der Waals surface area contributed by atoms with Gasteiger partial charge < -0.3 is 9.53 Å². The van der Waals surface area contributed by atoms with Gasteiger partial charge in [0.25, 0.3) is 0 Å². The van der Waals surface area contributed by atoms with Crippen molar-refractivity contribution in [2.45, 2.75) is 19.4 Å². The van der Waals surface area contributed by atoms with Crippen LogP contribution in [-0.4, -0.2) is 6.29 Å². The predicted molar refractivity (Wildman–Crippen MR) is 81.7 cm³/mol. The lowest BCUT2D eigenvalue weighted by Crippen LogP contribution is -1.98. The number of aryl methyl sites for hydroxylation is 1. The fourth-order valence-corrected chi connectivity index (χ4v) is 2.04. The number of carbonyl (C=O) groups excluding carboxylic acids is 1. The van der Waals surface area contributed by atoms with Crippen LogP contribution in [0.4, 0.5) is 0 Å². The first-order chi connectivity index (χ1) is 9.83. The monoisotopic (exact) mass is 266 g/mol. The zero-order valence-corrected chi connectivity index (χ0v) is 11.4. The van der Waals surface area contributed by atoms with E-state index in [2.05, 4.69) is 6.58 Å². The number of benzene rings is 2. The fourth-order valence-electron chi connectivity index (χ4n) is 2.04. The van der Waals surface area contributed by atoms with Crippen LogP contribution in [0.3, 0.4) is 0 Å². The lowest BCUT2D eigenvalue weighted by molar-refractivity contribution is -0.107. The largest absolute Gasteiger partial charge is 0.489 e. The molecule has 0 aliphatic rings. The van der Waals surface area contributed by atoms with Gasteiger partial charge in [0, 0.05) is 6.42 Å². The van der Waals surface area contributed by atoms with Crippen LogP contribution in [-0.2, 0) is 17.8 Å². The van der Waals surface area contributed by atoms with E-state index in [-0.39, 0.29) is 0 Å². The van der Waals surface area contributed by atoms with Gasteiger partial charge in [0.05, 0.1) is 0 Å². The van der Waals surface area contributed by atoms with E-state index in [1.807, 2.05) is 54.6 Å². The summed E-state index contributed by atoms with van der Waals surface area (Å²) >= 11 is 0. The molecule has 20 heavy (non-hydrogen) atoms. The third kappa shape index (κ3) is 3.82. The molecule has 0 heterocycles. The summed E-state index contributed by atoms with van der Waals surface area (Å²) in [5, 5.41) is 0. The van der Waals surface area contributed by atoms with Crippen LogP contribution in [0.1, 0.15) is 23.1 Å². The van der Waals surface area contributed by atoms with Crippen molar-refractivity contribution in [1.29, 1.82) is 0 Å². The highest BCUT2D eigenvalue weighted by molar-refractivity contribution is 5.51. The SMILES string of the molecule is C=Cc1ccccc1COc1cccc(CCC=O)c1. The van der Waals surface area contributed by atoms with E-state index < -0.39 is 0 Å². The first kappa shape index (κ1) is 14.1. The van der Waals surface area contributed by atoms with Crippen LogP contribution in [0.15, 0.2) is 55.1 Å². The Labute approximate surface area is 119 Å². The molecule has 0 unspecified atom stereocenters. The molecule has 0 atom stereocenters. The van der Waals surface area contributed by atoms with E-state index in [1.54, 1.807) is 0 Å². The summed E-state index contributed by atoms with van der Waals surface area (Å²) in [5.74, 6) is 0.826. The number of carbonyl (C=O) groups is 1. The Morgan fingerprint density at radius 2 is 1.95 bits per heavy atom. The highest BCUT2D eigenvalue weighted by Crippen LogP contribution is 2.18. The molecule has 0 fully saturated rings. The van der Waals surface area contributed by atoms with Crippen molar-refractivity contribution in [1.82, 2.24) is 0 Å². The van der Waals surface area contributed by atoms with E-state index in [1.165, 1.54) is 0 Å². The van der Waals surface area contributed by atoms with Crippen LogP contribution in [0, 0.1) is 0 Å². The summed E-state index contributed by atoms with van der Waals surface area (Å²) in [6.45, 7) is 4.32. The minimum absolute atomic E-state index is 0.513. The number of ether oxygens (including phenoxy) is 1. The van der Waals surface area contributed by atoms with Gasteiger partial charge in [-0.05, 0) is 35.2 Å². The van der Waals surface area contributed by atoms with Crippen LogP contribution in [0.5, 0.6) is 5.75 Å². The van der Waals surface area contributed by atoms with Crippen molar-refractivity contribution in [3.63, 3.8) is 0 Å². The molecular formula is C18H18O2. The average molecular weight is 266 g/mol. The molecule has 0 saturated carbocycles. The second kappa shape index (κ2) is 7.29. The molecule has 0 aliphatic heterocycles. The Morgan fingerprint density at radius 3 is 2.75 bits per heavy atom. The maximum absolute atomic E-state index is 10.4. The minimum atomic E-state index is 0.513. The highest BCUT2D eigenvalue weighted by atomic mass is 16.5. The Hall–Kier alpha value is -2.35. The molecule has 0 amide bonds. The zero-order valence-electron chi connectivity index (χ0n) is 11.4. The summed E-state index contributed by atoms with van der Waals surface area (Å²) < 4.78 is 5.82. The molecule has 0 radical (unpaired) electrons. The molecule has 102 valence electrons. The maximum atomic E-state index is 10.4. The molecule has 0 spiro atoms. The van der Waals surface area contributed by atoms with E-state index >= 15 is 0 Å². The second-order valence-corrected chi connectivity index (χ2v) is 4.54. The van der Waals surface area contributed by atoms with Crippen LogP contribution in [0.2, 0.25) is 0 Å². The molecule has 2 rings (SSSR count). The van der Waals surface area contributed by atoms with Gasteiger partial charge in [-0.25, -0.2) is 0 Å². The first-order valence-corrected chi connectivity index (χ1v) is 6.69. The van der Waals surface area contributed by atoms with Gasteiger partial charge in [-0.1, -0.05) is 49.1 Å².